The number of hydrogen-bond acceptors (Lipinski definition) is 6. The summed E-state index contributed by atoms with van der Waals surface area (Å²) in [5.41, 5.74) is 7.94. The van der Waals surface area contributed by atoms with Gasteiger partial charge in [0.2, 0.25) is 0 Å². The van der Waals surface area contributed by atoms with Gasteiger partial charge in [0.05, 0.1) is 5.70 Å². The van der Waals surface area contributed by atoms with E-state index in [9.17, 15) is 0 Å². The van der Waals surface area contributed by atoms with E-state index in [1.807, 2.05) is 29.3 Å². The average molecular weight is 468 g/mol. The highest BCUT2D eigenvalue weighted by atomic mass is 15.4. The Balaban J connectivity index is 1.29. The van der Waals surface area contributed by atoms with Crippen molar-refractivity contribution in [2.45, 2.75) is 45.2 Å². The predicted octanol–water partition coefficient (Wildman–Crippen LogP) is 4.91. The molecule has 1 atom stereocenters. The van der Waals surface area contributed by atoms with Gasteiger partial charge in [-0.2, -0.15) is 0 Å². The van der Waals surface area contributed by atoms with E-state index in [4.69, 9.17) is 4.98 Å². The van der Waals surface area contributed by atoms with Crippen LogP contribution in [0.5, 0.6) is 0 Å². The molecule has 2 fully saturated rings. The molecule has 3 aromatic rings. The third kappa shape index (κ3) is 4.68. The van der Waals surface area contributed by atoms with Crippen LogP contribution in [0.1, 0.15) is 49.6 Å². The molecule has 2 N–H and O–H groups in total. The van der Waals surface area contributed by atoms with Crippen molar-refractivity contribution >= 4 is 22.9 Å². The molecular weight excluding hydrogens is 434 g/mol. The Morgan fingerprint density at radius 3 is 2.80 bits per heavy atom. The lowest BCUT2D eigenvalue weighted by molar-refractivity contribution is 0.331. The van der Waals surface area contributed by atoms with E-state index in [1.54, 1.807) is 0 Å². The molecule has 1 aromatic carbocycles. The van der Waals surface area contributed by atoms with Crippen molar-refractivity contribution in [1.82, 2.24) is 19.5 Å². The summed E-state index contributed by atoms with van der Waals surface area (Å²) in [6.45, 7) is 6.75. The first-order chi connectivity index (χ1) is 17.2. The summed E-state index contributed by atoms with van der Waals surface area (Å²) < 4.78 is 1.94. The maximum absolute atomic E-state index is 4.95. The van der Waals surface area contributed by atoms with Gasteiger partial charge >= 0.3 is 0 Å². The fourth-order valence-corrected chi connectivity index (χ4v) is 5.38. The largest absolute Gasteiger partial charge is 0.354 e. The molecule has 35 heavy (non-hydrogen) atoms. The Morgan fingerprint density at radius 1 is 1.06 bits per heavy atom. The normalized spacial score (nSPS) is 20.1. The minimum absolute atomic E-state index is 0.528. The number of aromatic nitrogens is 3. The minimum atomic E-state index is 0.528. The highest BCUT2D eigenvalue weighted by Crippen LogP contribution is 2.28. The summed E-state index contributed by atoms with van der Waals surface area (Å²) in [7, 11) is 0. The van der Waals surface area contributed by atoms with Gasteiger partial charge in [0.15, 0.2) is 5.82 Å². The van der Waals surface area contributed by atoms with Crippen LogP contribution in [0.4, 0.5) is 11.6 Å². The first-order valence-electron chi connectivity index (χ1n) is 12.8. The highest BCUT2D eigenvalue weighted by molar-refractivity contribution is 5.87. The number of pyridine rings is 1. The van der Waals surface area contributed by atoms with Crippen LogP contribution in [0.3, 0.4) is 0 Å². The van der Waals surface area contributed by atoms with Crippen LogP contribution in [-0.4, -0.2) is 45.2 Å². The van der Waals surface area contributed by atoms with E-state index in [2.05, 4.69) is 74.9 Å². The van der Waals surface area contributed by atoms with Crippen molar-refractivity contribution in [2.75, 3.05) is 35.3 Å². The fraction of sp³-hybridized carbons (Fsp3) is 0.357. The number of anilines is 2. The average Bonchev–Trinajstić information content (AvgIpc) is 3.63. The molecule has 3 aliphatic rings. The van der Waals surface area contributed by atoms with Gasteiger partial charge in [-0.3, -0.25) is 10.3 Å². The topological polar surface area (TPSA) is 61.2 Å². The molecule has 2 aromatic heterocycles. The molecule has 7 nitrogen and oxygen atoms in total. The first kappa shape index (κ1) is 21.9. The number of rotatable bonds is 6. The van der Waals surface area contributed by atoms with Gasteiger partial charge in [0.25, 0.3) is 0 Å². The van der Waals surface area contributed by atoms with E-state index in [0.717, 1.165) is 41.8 Å². The number of nitrogens with zero attached hydrogens (tertiary/aromatic N) is 5. The summed E-state index contributed by atoms with van der Waals surface area (Å²) in [6.07, 6.45) is 13.0. The maximum Gasteiger partial charge on any atom is 0.175 e. The Kier molecular flexibility index (Phi) is 6.00. The number of fused-ring (bicyclic) bond motifs is 1. The lowest BCUT2D eigenvalue weighted by atomic mass is 10.0. The van der Waals surface area contributed by atoms with Crippen LogP contribution in [0.25, 0.3) is 11.3 Å². The molecule has 5 heterocycles. The van der Waals surface area contributed by atoms with Gasteiger partial charge in [-0.25, -0.2) is 14.6 Å². The van der Waals surface area contributed by atoms with Crippen LogP contribution < -0.4 is 15.6 Å². The predicted molar refractivity (Wildman–Crippen MR) is 142 cm³/mol. The molecule has 6 rings (SSSR count). The minimum Gasteiger partial charge on any atom is -0.354 e. The van der Waals surface area contributed by atoms with Crippen molar-refractivity contribution in [3.8, 4) is 0 Å². The lowest BCUT2D eigenvalue weighted by Crippen LogP contribution is -2.27. The standard InChI is InChI=1S/C28H33N7/c1-21-7-6-15-34(21)27-11-5-10-26(32-27)31-25-18-24(19-30-35-16-12-29-28(25)35)23-9-4-8-22(17-23)20-33-13-2-3-14-33/h4-5,8-12,16-19,21,30H,2-3,6-7,13-15,20H2,1H3,(H,31,32). The summed E-state index contributed by atoms with van der Waals surface area (Å²) in [5.74, 6) is 2.68. The molecule has 0 bridgehead atoms. The number of hydrogen-bond donors (Lipinski definition) is 2. The zero-order chi connectivity index (χ0) is 23.6. The van der Waals surface area contributed by atoms with Gasteiger partial charge < -0.3 is 10.2 Å². The van der Waals surface area contributed by atoms with Crippen LogP contribution >= 0.6 is 0 Å². The zero-order valence-electron chi connectivity index (χ0n) is 20.3. The SMILES string of the molecule is CC1CCCN1c1cccc(NC2=CC(c3cccc(CN4CCCC4)c3)=CNn3ccnc32)n1. The summed E-state index contributed by atoms with van der Waals surface area (Å²) in [5, 5.41) is 3.57. The van der Waals surface area contributed by atoms with Crippen LogP contribution in [0.15, 0.2) is 67.1 Å². The van der Waals surface area contributed by atoms with Crippen molar-refractivity contribution < 1.29 is 0 Å². The van der Waals surface area contributed by atoms with Crippen molar-refractivity contribution in [1.29, 1.82) is 0 Å². The van der Waals surface area contributed by atoms with E-state index in [1.165, 1.54) is 49.9 Å². The van der Waals surface area contributed by atoms with Gasteiger partial charge in [0, 0.05) is 43.3 Å². The highest BCUT2D eigenvalue weighted by Gasteiger charge is 2.22. The van der Waals surface area contributed by atoms with Crippen LogP contribution in [-0.2, 0) is 6.54 Å². The molecular formula is C28H33N7. The molecule has 7 heteroatoms. The first-order valence-corrected chi connectivity index (χ1v) is 12.8. The summed E-state index contributed by atoms with van der Waals surface area (Å²) in [6, 6.07) is 15.6. The number of imidazole rings is 1. The Hall–Kier alpha value is -3.58. The molecule has 180 valence electrons. The number of nitrogens with one attached hydrogen (secondary N) is 2. The molecule has 0 aliphatic carbocycles. The third-order valence-corrected chi connectivity index (χ3v) is 7.25. The van der Waals surface area contributed by atoms with Gasteiger partial charge in [0.1, 0.15) is 11.6 Å². The molecule has 1 unspecified atom stereocenters. The second-order valence-corrected chi connectivity index (χ2v) is 9.78. The van der Waals surface area contributed by atoms with Gasteiger partial charge in [-0.1, -0.05) is 24.3 Å². The van der Waals surface area contributed by atoms with E-state index in [0.29, 0.717) is 6.04 Å². The lowest BCUT2D eigenvalue weighted by Gasteiger charge is -2.23. The van der Waals surface area contributed by atoms with E-state index in [-0.39, 0.29) is 0 Å². The summed E-state index contributed by atoms with van der Waals surface area (Å²) in [4.78, 5) is 14.5. The van der Waals surface area contributed by atoms with Crippen molar-refractivity contribution in [2.24, 2.45) is 0 Å². The van der Waals surface area contributed by atoms with Gasteiger partial charge in [-0.05, 0) is 81.1 Å². The summed E-state index contributed by atoms with van der Waals surface area (Å²) >= 11 is 0. The van der Waals surface area contributed by atoms with Crippen LogP contribution in [0.2, 0.25) is 0 Å². The fourth-order valence-electron chi connectivity index (χ4n) is 5.38. The third-order valence-electron chi connectivity index (χ3n) is 7.25. The van der Waals surface area contributed by atoms with E-state index < -0.39 is 0 Å². The molecule has 0 saturated carbocycles. The van der Waals surface area contributed by atoms with Crippen molar-refractivity contribution in [3.63, 3.8) is 0 Å². The monoisotopic (exact) mass is 467 g/mol. The number of allylic oxidation sites excluding steroid dienone is 2. The van der Waals surface area contributed by atoms with E-state index >= 15 is 0 Å². The smallest absolute Gasteiger partial charge is 0.175 e. The quantitative estimate of drug-likeness (QED) is 0.537. The second-order valence-electron chi connectivity index (χ2n) is 9.78. The van der Waals surface area contributed by atoms with Crippen molar-refractivity contribution in [3.05, 3.63) is 84.1 Å². The Labute approximate surface area is 207 Å². The number of likely N-dealkylation sites (tertiary alicyclic amines) is 1. The Morgan fingerprint density at radius 2 is 1.94 bits per heavy atom. The van der Waals surface area contributed by atoms with Gasteiger partial charge in [-0.15, -0.1) is 0 Å². The molecule has 0 spiro atoms. The van der Waals surface area contributed by atoms with Crippen LogP contribution in [0, 0.1) is 0 Å². The molecule has 2 saturated heterocycles. The second kappa shape index (κ2) is 9.58. The number of benzene rings is 1. The Bertz CT molecular complexity index is 1250. The zero-order valence-corrected chi connectivity index (χ0v) is 20.3. The maximum atomic E-state index is 4.95. The molecule has 3 aliphatic heterocycles. The molecule has 0 amide bonds. The molecule has 0 radical (unpaired) electrons.